The molecule has 1 aromatic carbocycles. The van der Waals surface area contributed by atoms with Crippen molar-refractivity contribution in [2.75, 3.05) is 24.8 Å². The zero-order valence-corrected chi connectivity index (χ0v) is 14.9. The molecule has 0 fully saturated rings. The third-order valence-electron chi connectivity index (χ3n) is 3.59. The summed E-state index contributed by atoms with van der Waals surface area (Å²) in [5.74, 6) is 0. The van der Waals surface area contributed by atoms with Gasteiger partial charge < -0.3 is 9.84 Å². The van der Waals surface area contributed by atoms with Gasteiger partial charge in [0.05, 0.1) is 28.8 Å². The number of fused-ring (bicyclic) bond motifs is 1. The number of halogens is 3. The second-order valence-electron chi connectivity index (χ2n) is 5.71. The first-order chi connectivity index (χ1) is 12.3. The lowest BCUT2D eigenvalue weighted by Gasteiger charge is -2.19. The molecule has 150 valence electrons. The topological polar surface area (TPSA) is 130 Å². The molecule has 0 aliphatic carbocycles. The summed E-state index contributed by atoms with van der Waals surface area (Å²) in [7, 11) is -2.74. The van der Waals surface area contributed by atoms with Crippen LogP contribution in [0.2, 0.25) is 0 Å². The van der Waals surface area contributed by atoms with E-state index < -0.39 is 55.6 Å². The van der Waals surface area contributed by atoms with Gasteiger partial charge in [0.1, 0.15) is 0 Å². The fourth-order valence-corrected chi connectivity index (χ4v) is 2.98. The largest absolute Gasteiger partial charge is 0.416 e. The second kappa shape index (κ2) is 7.32. The molecule has 0 amide bonds. The van der Waals surface area contributed by atoms with E-state index in [0.29, 0.717) is 12.3 Å². The Hall–Kier alpha value is -2.38. The highest BCUT2D eigenvalue weighted by molar-refractivity contribution is 7.91. The number of aliphatic hydroxyl groups excluding tert-OH is 1. The molecule has 0 aliphatic heterocycles. The molecule has 1 unspecified atom stereocenters. The lowest BCUT2D eigenvalue weighted by Crippen LogP contribution is -2.38. The maximum atomic E-state index is 13.5. The number of hydrogen-bond donors (Lipinski definition) is 3. The smallest absolute Gasteiger partial charge is 0.388 e. The minimum atomic E-state index is -4.94. The zero-order chi connectivity index (χ0) is 20.6. The monoisotopic (exact) mass is 411 g/mol. The van der Waals surface area contributed by atoms with Gasteiger partial charge in [-0.3, -0.25) is 9.78 Å². The normalized spacial score (nSPS) is 13.7. The number of H-pyrrole nitrogens is 1. The van der Waals surface area contributed by atoms with Crippen molar-refractivity contribution in [2.45, 2.75) is 18.7 Å². The van der Waals surface area contributed by atoms with Crippen LogP contribution >= 0.6 is 0 Å². The zero-order valence-electron chi connectivity index (χ0n) is 14.1. The van der Waals surface area contributed by atoms with Crippen LogP contribution in [0.3, 0.4) is 0 Å². The van der Waals surface area contributed by atoms with Crippen molar-refractivity contribution in [3.63, 3.8) is 0 Å². The van der Waals surface area contributed by atoms with Crippen LogP contribution in [-0.2, 0) is 20.9 Å². The second-order valence-corrected chi connectivity index (χ2v) is 7.44. The van der Waals surface area contributed by atoms with Gasteiger partial charge >= 0.3 is 11.9 Å². The number of hydrogen-bond acceptors (Lipinski definition) is 6. The van der Waals surface area contributed by atoms with Crippen LogP contribution in [0.25, 0.3) is 10.9 Å². The van der Waals surface area contributed by atoms with E-state index in [-0.39, 0.29) is 17.7 Å². The van der Waals surface area contributed by atoms with E-state index in [2.05, 4.69) is 0 Å². The van der Waals surface area contributed by atoms with Crippen molar-refractivity contribution in [3.05, 3.63) is 44.1 Å². The van der Waals surface area contributed by atoms with Crippen molar-refractivity contribution in [2.24, 2.45) is 0 Å². The van der Waals surface area contributed by atoms with Gasteiger partial charge in [-0.25, -0.2) is 18.0 Å². The lowest BCUT2D eigenvalue weighted by molar-refractivity contribution is -0.139. The molecule has 27 heavy (non-hydrogen) atoms. The third kappa shape index (κ3) is 4.67. The molecule has 0 saturated carbocycles. The first-order valence-corrected chi connectivity index (χ1v) is 9.29. The van der Waals surface area contributed by atoms with Crippen LogP contribution in [0, 0.1) is 0 Å². The Bertz CT molecular complexity index is 1070. The number of sulfonamides is 1. The van der Waals surface area contributed by atoms with Gasteiger partial charge in [-0.1, -0.05) is 0 Å². The molecule has 1 heterocycles. The van der Waals surface area contributed by atoms with Crippen molar-refractivity contribution in [1.82, 2.24) is 9.66 Å². The van der Waals surface area contributed by atoms with E-state index in [4.69, 9.17) is 4.74 Å². The maximum absolute atomic E-state index is 13.5. The summed E-state index contributed by atoms with van der Waals surface area (Å²) in [5.41, 5.74) is -4.81. The highest BCUT2D eigenvalue weighted by Gasteiger charge is 2.36. The van der Waals surface area contributed by atoms with E-state index in [1.807, 2.05) is 4.98 Å². The summed E-state index contributed by atoms with van der Waals surface area (Å²) in [4.78, 5) is 27.5. The van der Waals surface area contributed by atoms with Gasteiger partial charge in [-0.05, 0) is 17.7 Å². The Morgan fingerprint density at radius 1 is 1.33 bits per heavy atom. The van der Waals surface area contributed by atoms with Gasteiger partial charge in [0, 0.05) is 20.1 Å². The maximum Gasteiger partial charge on any atom is 0.416 e. The minimum Gasteiger partial charge on any atom is -0.388 e. The van der Waals surface area contributed by atoms with Crippen LogP contribution in [0.15, 0.2) is 21.7 Å². The molecule has 0 radical (unpaired) electrons. The fraction of sp³-hybridized carbons (Fsp3) is 0.429. The van der Waals surface area contributed by atoms with Crippen LogP contribution in [0.1, 0.15) is 23.7 Å². The van der Waals surface area contributed by atoms with Gasteiger partial charge in [-0.15, -0.1) is 0 Å². The Kier molecular flexibility index (Phi) is 5.68. The van der Waals surface area contributed by atoms with Crippen LogP contribution in [-0.4, -0.2) is 43.2 Å². The molecule has 3 N–H and O–H groups in total. The molecule has 2 rings (SSSR count). The first kappa shape index (κ1) is 20.9. The summed E-state index contributed by atoms with van der Waals surface area (Å²) in [6.07, 6.45) is -6.03. The predicted molar refractivity (Wildman–Crippen MR) is 89.5 cm³/mol. The Labute approximate surface area is 150 Å². The van der Waals surface area contributed by atoms with Gasteiger partial charge in [-0.2, -0.15) is 17.8 Å². The molecule has 2 aromatic rings. The Balaban J connectivity index is 2.88. The number of aliphatic hydroxyl groups is 1. The molecule has 9 nitrogen and oxygen atoms in total. The molecule has 0 spiro atoms. The highest BCUT2D eigenvalue weighted by Crippen LogP contribution is 2.37. The van der Waals surface area contributed by atoms with E-state index in [1.54, 1.807) is 4.83 Å². The molecule has 0 saturated heterocycles. The number of aromatic amines is 1. The molecule has 1 aromatic heterocycles. The number of nitrogens with zero attached hydrogens (tertiary/aromatic N) is 1. The lowest BCUT2D eigenvalue weighted by atomic mass is 9.97. The van der Waals surface area contributed by atoms with Gasteiger partial charge in [0.2, 0.25) is 10.0 Å². The number of alkyl halides is 3. The molecule has 0 bridgehead atoms. The Morgan fingerprint density at radius 3 is 2.48 bits per heavy atom. The average molecular weight is 411 g/mol. The van der Waals surface area contributed by atoms with Crippen molar-refractivity contribution >= 4 is 20.9 Å². The molecular formula is C14H16F3N3O6S. The predicted octanol–water partition coefficient (Wildman–Crippen LogP) is 0.282. The number of aromatic nitrogens is 2. The number of rotatable bonds is 6. The van der Waals surface area contributed by atoms with Crippen LogP contribution in [0.5, 0.6) is 0 Å². The van der Waals surface area contributed by atoms with Crippen molar-refractivity contribution < 1.29 is 31.4 Å². The van der Waals surface area contributed by atoms with E-state index >= 15 is 0 Å². The molecular weight excluding hydrogens is 395 g/mol. The average Bonchev–Trinajstić information content (AvgIpc) is 2.53. The highest BCUT2D eigenvalue weighted by atomic mass is 32.2. The number of benzene rings is 1. The number of nitrogens with one attached hydrogen (secondary N) is 2. The molecule has 13 heteroatoms. The van der Waals surface area contributed by atoms with Gasteiger partial charge in [0.25, 0.3) is 5.56 Å². The van der Waals surface area contributed by atoms with Crippen molar-refractivity contribution in [3.8, 4) is 0 Å². The van der Waals surface area contributed by atoms with E-state index in [1.165, 1.54) is 7.11 Å². The number of ether oxygens (including phenoxy) is 1. The third-order valence-corrected chi connectivity index (χ3v) is 4.11. The summed E-state index contributed by atoms with van der Waals surface area (Å²) >= 11 is 0. The van der Waals surface area contributed by atoms with E-state index in [0.717, 1.165) is 6.07 Å². The fourth-order valence-electron chi connectivity index (χ4n) is 2.46. The van der Waals surface area contributed by atoms with Crippen molar-refractivity contribution in [1.29, 1.82) is 0 Å². The minimum absolute atomic E-state index is 0.0397. The van der Waals surface area contributed by atoms with Crippen LogP contribution < -0.4 is 16.1 Å². The van der Waals surface area contributed by atoms with Crippen LogP contribution in [0.4, 0.5) is 13.2 Å². The summed E-state index contributed by atoms with van der Waals surface area (Å²) in [5, 5.41) is 9.67. The van der Waals surface area contributed by atoms with Gasteiger partial charge in [0.15, 0.2) is 0 Å². The summed E-state index contributed by atoms with van der Waals surface area (Å²) in [6, 6.07) is 1.22. The molecule has 0 aliphatic rings. The quantitative estimate of drug-likeness (QED) is 0.626. The molecule has 1 atom stereocenters. The number of methoxy groups -OCH3 is 1. The standard InChI is InChI=1S/C14H16F3N3O6S/c1-26-4-3-11(21)7-5-8-10(6-9(7)14(15,16)17)20(19-27(2,24)25)13(23)18-12(8)22/h5-6,11,19,21H,3-4H2,1-2H3,(H,18,22,23). The SMILES string of the molecule is COCCC(O)c1cc2c(=O)[nH]c(=O)n(NS(C)(=O)=O)c2cc1C(F)(F)F. The first-order valence-electron chi connectivity index (χ1n) is 7.40. The van der Waals surface area contributed by atoms with E-state index in [9.17, 15) is 36.3 Å². The Morgan fingerprint density at radius 2 is 1.96 bits per heavy atom. The summed E-state index contributed by atoms with van der Waals surface area (Å²) < 4.78 is 68.3. The summed E-state index contributed by atoms with van der Waals surface area (Å²) in [6.45, 7) is -0.0397.